The van der Waals surface area contributed by atoms with Crippen LogP contribution in [0.4, 0.5) is 10.1 Å². The van der Waals surface area contributed by atoms with Gasteiger partial charge in [0.2, 0.25) is 0 Å². The first-order valence-electron chi connectivity index (χ1n) is 9.44. The summed E-state index contributed by atoms with van der Waals surface area (Å²) in [4.78, 5) is 0. The molecule has 3 N–H and O–H groups in total. The molecule has 2 heterocycles. The summed E-state index contributed by atoms with van der Waals surface area (Å²) in [5, 5.41) is 25.0. The Morgan fingerprint density at radius 3 is 2.97 bits per heavy atom. The van der Waals surface area contributed by atoms with Crippen molar-refractivity contribution in [2.75, 3.05) is 11.9 Å². The largest absolute Gasteiger partial charge is 0.394 e. The molecule has 6 nitrogen and oxygen atoms in total. The summed E-state index contributed by atoms with van der Waals surface area (Å²) < 4.78 is 15.2. The van der Waals surface area contributed by atoms with Gasteiger partial charge in [0, 0.05) is 28.9 Å². The minimum absolute atomic E-state index is 0.0357. The number of hydrogen-bond acceptors (Lipinski definition) is 4. The zero-order chi connectivity index (χ0) is 20.2. The van der Waals surface area contributed by atoms with Crippen molar-refractivity contribution in [1.29, 1.82) is 0 Å². The van der Waals surface area contributed by atoms with Gasteiger partial charge in [0.1, 0.15) is 5.82 Å². The molecule has 1 unspecified atom stereocenters. The lowest BCUT2D eigenvalue weighted by atomic mass is 10.1. The van der Waals surface area contributed by atoms with E-state index < -0.39 is 0 Å². The molecule has 2 aromatic carbocycles. The third-order valence-corrected chi connectivity index (χ3v) is 4.74. The van der Waals surface area contributed by atoms with Gasteiger partial charge in [-0.2, -0.15) is 10.2 Å². The van der Waals surface area contributed by atoms with Gasteiger partial charge in [0.25, 0.3) is 0 Å². The van der Waals surface area contributed by atoms with Crippen molar-refractivity contribution >= 4 is 28.7 Å². The van der Waals surface area contributed by atoms with Gasteiger partial charge in [-0.3, -0.25) is 9.78 Å². The van der Waals surface area contributed by atoms with Gasteiger partial charge in [-0.1, -0.05) is 12.1 Å². The highest BCUT2D eigenvalue weighted by molar-refractivity contribution is 5.91. The highest BCUT2D eigenvalue weighted by Gasteiger charge is 2.09. The molecule has 0 amide bonds. The Kier molecular flexibility index (Phi) is 5.39. The first-order valence-corrected chi connectivity index (χ1v) is 9.44. The molecule has 4 rings (SSSR count). The number of aromatic amines is 1. The number of aliphatic hydroxyl groups is 1. The maximum absolute atomic E-state index is 13.5. The van der Waals surface area contributed by atoms with E-state index in [2.05, 4.69) is 20.6 Å². The highest BCUT2D eigenvalue weighted by Crippen LogP contribution is 2.25. The van der Waals surface area contributed by atoms with Crippen molar-refractivity contribution in [1.82, 2.24) is 20.0 Å². The van der Waals surface area contributed by atoms with E-state index >= 15 is 0 Å². The van der Waals surface area contributed by atoms with Gasteiger partial charge >= 0.3 is 0 Å². The summed E-state index contributed by atoms with van der Waals surface area (Å²) >= 11 is 0. The molecular formula is C22H22FN5O. The van der Waals surface area contributed by atoms with Crippen LogP contribution in [0.1, 0.15) is 29.8 Å². The zero-order valence-electron chi connectivity index (χ0n) is 16.0. The fourth-order valence-electron chi connectivity index (χ4n) is 3.23. The van der Waals surface area contributed by atoms with Crippen molar-refractivity contribution in [2.45, 2.75) is 19.5 Å². The monoisotopic (exact) mass is 391 g/mol. The molecule has 29 heavy (non-hydrogen) atoms. The van der Waals surface area contributed by atoms with Crippen LogP contribution >= 0.6 is 0 Å². The second-order valence-electron chi connectivity index (χ2n) is 6.88. The van der Waals surface area contributed by atoms with Gasteiger partial charge in [-0.25, -0.2) is 4.39 Å². The Labute approximate surface area is 167 Å². The number of nitrogens with zero attached hydrogens (tertiary/aromatic N) is 3. The molecule has 0 aliphatic carbocycles. The molecule has 0 radical (unpaired) electrons. The number of halogens is 1. The number of fused-ring (bicyclic) bond motifs is 1. The van der Waals surface area contributed by atoms with Gasteiger partial charge in [-0.15, -0.1) is 0 Å². The van der Waals surface area contributed by atoms with Gasteiger partial charge in [0.05, 0.1) is 30.6 Å². The summed E-state index contributed by atoms with van der Waals surface area (Å²) in [6.07, 6.45) is 7.48. The van der Waals surface area contributed by atoms with Gasteiger partial charge in [0.15, 0.2) is 0 Å². The molecule has 7 heteroatoms. The minimum atomic E-state index is -0.240. The van der Waals surface area contributed by atoms with E-state index in [-0.39, 0.29) is 18.5 Å². The topological polar surface area (TPSA) is 78.8 Å². The van der Waals surface area contributed by atoms with Crippen molar-refractivity contribution in [3.8, 4) is 0 Å². The maximum Gasteiger partial charge on any atom is 0.123 e. The normalized spacial score (nSPS) is 12.7. The smallest absolute Gasteiger partial charge is 0.123 e. The fourth-order valence-corrected chi connectivity index (χ4v) is 3.23. The number of H-pyrrole nitrogens is 1. The molecule has 4 aromatic rings. The Morgan fingerprint density at radius 1 is 1.24 bits per heavy atom. The van der Waals surface area contributed by atoms with Crippen LogP contribution in [0.2, 0.25) is 0 Å². The van der Waals surface area contributed by atoms with Crippen LogP contribution in [-0.4, -0.2) is 31.7 Å². The first-order chi connectivity index (χ1) is 14.1. The molecule has 1 atom stereocenters. The number of anilines is 1. The van der Waals surface area contributed by atoms with Crippen LogP contribution in [-0.2, 0) is 6.54 Å². The Bertz CT molecular complexity index is 1150. The number of aliphatic hydroxyl groups excluding tert-OH is 1. The maximum atomic E-state index is 13.5. The van der Waals surface area contributed by atoms with E-state index in [9.17, 15) is 4.39 Å². The van der Waals surface area contributed by atoms with E-state index in [4.69, 9.17) is 5.11 Å². The molecule has 0 saturated carbocycles. The average molecular weight is 391 g/mol. The molecule has 148 valence electrons. The van der Waals surface area contributed by atoms with Crippen molar-refractivity contribution in [3.05, 3.63) is 77.5 Å². The van der Waals surface area contributed by atoms with E-state index in [0.29, 0.717) is 6.54 Å². The van der Waals surface area contributed by atoms with Crippen molar-refractivity contribution < 1.29 is 9.50 Å². The summed E-state index contributed by atoms with van der Waals surface area (Å²) in [6.45, 7) is 2.52. The van der Waals surface area contributed by atoms with Crippen molar-refractivity contribution in [3.63, 3.8) is 0 Å². The van der Waals surface area contributed by atoms with E-state index in [1.165, 1.54) is 6.07 Å². The molecule has 0 bridgehead atoms. The van der Waals surface area contributed by atoms with Gasteiger partial charge in [-0.05, 0) is 55.0 Å². The highest BCUT2D eigenvalue weighted by atomic mass is 19.1. The number of nitrogens with one attached hydrogen (secondary N) is 2. The van der Waals surface area contributed by atoms with Crippen molar-refractivity contribution in [2.24, 2.45) is 0 Å². The lowest BCUT2D eigenvalue weighted by Crippen LogP contribution is -2.06. The summed E-state index contributed by atoms with van der Waals surface area (Å²) in [5.41, 5.74) is 4.50. The van der Waals surface area contributed by atoms with Crippen LogP contribution in [0.3, 0.4) is 0 Å². The molecule has 0 fully saturated rings. The molecule has 2 aromatic heterocycles. The summed E-state index contributed by atoms with van der Waals surface area (Å²) in [5.74, 6) is -0.240. The fraction of sp³-hybridized carbons (Fsp3) is 0.182. The SMILES string of the molecule is CC(Nc1ccc2[nH]nc(/C=C/c3cnn(CCO)c3)c2c1)c1cccc(F)c1. The quantitative estimate of drug-likeness (QED) is 0.440. The number of hydrogen-bond donors (Lipinski definition) is 3. The lowest BCUT2D eigenvalue weighted by Gasteiger charge is -2.16. The minimum Gasteiger partial charge on any atom is -0.394 e. The number of benzene rings is 2. The van der Waals surface area contributed by atoms with Crippen LogP contribution in [0.15, 0.2) is 54.9 Å². The molecule has 0 aliphatic heterocycles. The average Bonchev–Trinajstić information content (AvgIpc) is 3.33. The molecule has 0 saturated heterocycles. The standard InChI is InChI=1S/C22H22FN5O/c1-15(17-3-2-4-18(23)11-17)25-19-6-8-22-20(12-19)21(26-27-22)7-5-16-13-24-28(14-16)9-10-29/h2-8,11-15,25,29H,9-10H2,1H3,(H,26,27)/b7-5+. The van der Waals surface area contributed by atoms with Crippen LogP contribution < -0.4 is 5.32 Å². The number of rotatable bonds is 7. The number of aromatic nitrogens is 4. The van der Waals surface area contributed by atoms with Crippen LogP contribution in [0.5, 0.6) is 0 Å². The zero-order valence-corrected chi connectivity index (χ0v) is 16.0. The van der Waals surface area contributed by atoms with E-state index in [1.807, 2.05) is 49.5 Å². The molecular weight excluding hydrogens is 369 g/mol. The second kappa shape index (κ2) is 8.28. The lowest BCUT2D eigenvalue weighted by molar-refractivity contribution is 0.269. The van der Waals surface area contributed by atoms with E-state index in [1.54, 1.807) is 23.0 Å². The first kappa shape index (κ1) is 18.9. The van der Waals surface area contributed by atoms with Gasteiger partial charge < -0.3 is 10.4 Å². The predicted octanol–water partition coefficient (Wildman–Crippen LogP) is 4.23. The molecule has 0 spiro atoms. The van der Waals surface area contributed by atoms with E-state index in [0.717, 1.165) is 33.4 Å². The Balaban J connectivity index is 1.54. The third kappa shape index (κ3) is 4.35. The second-order valence-corrected chi connectivity index (χ2v) is 6.88. The predicted molar refractivity (Wildman–Crippen MR) is 113 cm³/mol. The Hall–Kier alpha value is -3.45. The van der Waals surface area contributed by atoms with Crippen LogP contribution in [0, 0.1) is 5.82 Å². The van der Waals surface area contributed by atoms with Crippen LogP contribution in [0.25, 0.3) is 23.1 Å². The molecule has 0 aliphatic rings. The summed E-state index contributed by atoms with van der Waals surface area (Å²) in [7, 11) is 0. The Morgan fingerprint density at radius 2 is 2.14 bits per heavy atom. The third-order valence-electron chi connectivity index (χ3n) is 4.74. The summed E-state index contributed by atoms with van der Waals surface area (Å²) in [6, 6.07) is 12.5.